The van der Waals surface area contributed by atoms with Crippen LogP contribution in [0, 0.1) is 0 Å². The van der Waals surface area contributed by atoms with Gasteiger partial charge < -0.3 is 0 Å². The van der Waals surface area contributed by atoms with E-state index >= 15 is 0 Å². The predicted molar refractivity (Wildman–Crippen MR) is 97.9 cm³/mol. The van der Waals surface area contributed by atoms with Crippen molar-refractivity contribution in [2.75, 3.05) is 0 Å². The third-order valence-electron chi connectivity index (χ3n) is 3.83. The summed E-state index contributed by atoms with van der Waals surface area (Å²) in [6.07, 6.45) is 5.22. The van der Waals surface area contributed by atoms with Crippen LogP contribution in [0.2, 0.25) is 0 Å². The Balaban J connectivity index is 1.58. The summed E-state index contributed by atoms with van der Waals surface area (Å²) in [5, 5.41) is 4.12. The molecule has 0 spiro atoms. The third kappa shape index (κ3) is 3.21. The first-order valence-electron chi connectivity index (χ1n) is 7.68. The molecule has 0 bridgehead atoms. The van der Waals surface area contributed by atoms with Crippen LogP contribution in [0.25, 0.3) is 22.3 Å². The SMILES string of the molecule is Cn1cc(-c2cc(CNS(=O)(=O)c3cccc4nsnc34)ccn2)cn1. The van der Waals surface area contributed by atoms with E-state index in [-0.39, 0.29) is 11.4 Å². The molecule has 0 saturated heterocycles. The summed E-state index contributed by atoms with van der Waals surface area (Å²) < 4.78 is 37.8. The van der Waals surface area contributed by atoms with Crippen LogP contribution in [0.15, 0.2) is 53.8 Å². The first-order valence-corrected chi connectivity index (χ1v) is 9.89. The third-order valence-corrected chi connectivity index (χ3v) is 5.81. The molecule has 4 aromatic rings. The van der Waals surface area contributed by atoms with E-state index in [1.54, 1.807) is 35.3 Å². The number of nitrogens with zero attached hydrogens (tertiary/aromatic N) is 5. The summed E-state index contributed by atoms with van der Waals surface area (Å²) in [5.74, 6) is 0. The molecule has 0 saturated carbocycles. The van der Waals surface area contributed by atoms with Crippen LogP contribution in [-0.4, -0.2) is 31.9 Å². The zero-order valence-electron chi connectivity index (χ0n) is 13.7. The fourth-order valence-corrected chi connectivity index (χ4v) is 4.33. The molecule has 0 atom stereocenters. The summed E-state index contributed by atoms with van der Waals surface area (Å²) in [5.41, 5.74) is 3.36. The van der Waals surface area contributed by atoms with Crippen LogP contribution in [0.3, 0.4) is 0 Å². The molecule has 4 rings (SSSR count). The van der Waals surface area contributed by atoms with Crippen LogP contribution in [0.1, 0.15) is 5.56 Å². The van der Waals surface area contributed by atoms with Gasteiger partial charge in [0.05, 0.1) is 23.6 Å². The van der Waals surface area contributed by atoms with E-state index < -0.39 is 10.0 Å². The van der Waals surface area contributed by atoms with Crippen molar-refractivity contribution in [3.05, 3.63) is 54.5 Å². The normalized spacial score (nSPS) is 11.9. The van der Waals surface area contributed by atoms with Gasteiger partial charge in [-0.25, -0.2) is 13.1 Å². The molecule has 132 valence electrons. The summed E-state index contributed by atoms with van der Waals surface area (Å²) in [7, 11) is -1.88. The van der Waals surface area contributed by atoms with Crippen LogP contribution >= 0.6 is 11.7 Å². The summed E-state index contributed by atoms with van der Waals surface area (Å²) in [6.45, 7) is 0.145. The molecule has 0 fully saturated rings. The number of sulfonamides is 1. The number of aryl methyl sites for hydroxylation is 1. The smallest absolute Gasteiger partial charge is 0.243 e. The maximum atomic E-state index is 12.7. The number of hydrogen-bond acceptors (Lipinski definition) is 7. The van der Waals surface area contributed by atoms with Gasteiger partial charge in [0.25, 0.3) is 0 Å². The number of nitrogens with one attached hydrogen (secondary N) is 1. The molecule has 0 aliphatic rings. The van der Waals surface area contributed by atoms with Gasteiger partial charge in [-0.15, -0.1) is 0 Å². The molecular formula is C16H14N6O2S2. The van der Waals surface area contributed by atoms with Gasteiger partial charge in [-0.05, 0) is 29.8 Å². The molecule has 1 aromatic carbocycles. The Hall–Kier alpha value is -2.69. The monoisotopic (exact) mass is 386 g/mol. The Morgan fingerprint density at radius 3 is 2.92 bits per heavy atom. The minimum Gasteiger partial charge on any atom is -0.275 e. The Morgan fingerprint density at radius 1 is 1.23 bits per heavy atom. The average molecular weight is 386 g/mol. The average Bonchev–Trinajstić information content (AvgIpc) is 3.28. The lowest BCUT2D eigenvalue weighted by molar-refractivity contribution is 0.582. The molecule has 26 heavy (non-hydrogen) atoms. The highest BCUT2D eigenvalue weighted by molar-refractivity contribution is 7.89. The molecule has 3 aromatic heterocycles. The van der Waals surface area contributed by atoms with Crippen molar-refractivity contribution >= 4 is 32.8 Å². The number of benzene rings is 1. The molecule has 10 heteroatoms. The molecule has 0 aliphatic carbocycles. The molecule has 0 radical (unpaired) electrons. The standard InChI is InChI=1S/C16H14N6O2S2/c1-22-10-12(9-18-22)14-7-11(5-6-17-14)8-19-26(23,24)15-4-2-3-13-16(15)21-25-20-13/h2-7,9-10,19H,8H2,1H3. The van der Waals surface area contributed by atoms with Crippen molar-refractivity contribution < 1.29 is 8.42 Å². The maximum Gasteiger partial charge on any atom is 0.243 e. The van der Waals surface area contributed by atoms with Crippen LogP contribution in [0.4, 0.5) is 0 Å². The van der Waals surface area contributed by atoms with Gasteiger partial charge >= 0.3 is 0 Å². The Morgan fingerprint density at radius 2 is 2.12 bits per heavy atom. The van der Waals surface area contributed by atoms with Crippen LogP contribution < -0.4 is 4.72 Å². The predicted octanol–water partition coefficient (Wildman–Crippen LogP) is 1.97. The van der Waals surface area contributed by atoms with Crippen molar-refractivity contribution in [2.24, 2.45) is 7.05 Å². The molecule has 1 N–H and O–H groups in total. The van der Waals surface area contributed by atoms with Crippen LogP contribution in [0.5, 0.6) is 0 Å². The zero-order chi connectivity index (χ0) is 18.1. The van der Waals surface area contributed by atoms with E-state index in [1.165, 1.54) is 6.07 Å². The molecule has 3 heterocycles. The lowest BCUT2D eigenvalue weighted by Crippen LogP contribution is -2.23. The van der Waals surface area contributed by atoms with E-state index in [1.807, 2.05) is 19.3 Å². The van der Waals surface area contributed by atoms with Gasteiger partial charge in [0.2, 0.25) is 10.0 Å². The summed E-state index contributed by atoms with van der Waals surface area (Å²) in [6, 6.07) is 8.53. The summed E-state index contributed by atoms with van der Waals surface area (Å²) in [4.78, 5) is 4.44. The number of aromatic nitrogens is 5. The largest absolute Gasteiger partial charge is 0.275 e. The molecular weight excluding hydrogens is 372 g/mol. The highest BCUT2D eigenvalue weighted by Gasteiger charge is 2.19. The number of rotatable bonds is 5. The van der Waals surface area contributed by atoms with E-state index in [0.29, 0.717) is 11.0 Å². The van der Waals surface area contributed by atoms with E-state index in [2.05, 4.69) is 23.6 Å². The van der Waals surface area contributed by atoms with Crippen molar-refractivity contribution in [3.8, 4) is 11.3 Å². The Kier molecular flexibility index (Phi) is 4.23. The van der Waals surface area contributed by atoms with E-state index in [4.69, 9.17) is 0 Å². The lowest BCUT2D eigenvalue weighted by Gasteiger charge is -2.08. The van der Waals surface area contributed by atoms with Crippen molar-refractivity contribution in [2.45, 2.75) is 11.4 Å². The fraction of sp³-hybridized carbons (Fsp3) is 0.125. The lowest BCUT2D eigenvalue weighted by atomic mass is 10.2. The number of fused-ring (bicyclic) bond motifs is 1. The fourth-order valence-electron chi connectivity index (χ4n) is 2.55. The zero-order valence-corrected chi connectivity index (χ0v) is 15.3. The van der Waals surface area contributed by atoms with Crippen molar-refractivity contribution in [3.63, 3.8) is 0 Å². The first kappa shape index (κ1) is 16.8. The number of hydrogen-bond donors (Lipinski definition) is 1. The topological polar surface area (TPSA) is 103 Å². The van der Waals surface area contributed by atoms with Gasteiger partial charge in [0.1, 0.15) is 15.9 Å². The molecule has 0 amide bonds. The van der Waals surface area contributed by atoms with E-state index in [0.717, 1.165) is 28.5 Å². The molecule has 0 unspecified atom stereocenters. The van der Waals surface area contributed by atoms with Gasteiger partial charge in [-0.1, -0.05) is 6.07 Å². The second-order valence-corrected chi connectivity index (χ2v) is 7.93. The second kappa shape index (κ2) is 6.56. The highest BCUT2D eigenvalue weighted by Crippen LogP contribution is 2.21. The molecule has 8 nitrogen and oxygen atoms in total. The molecule has 0 aliphatic heterocycles. The van der Waals surface area contributed by atoms with E-state index in [9.17, 15) is 8.42 Å². The maximum absolute atomic E-state index is 12.7. The van der Waals surface area contributed by atoms with Crippen LogP contribution in [-0.2, 0) is 23.6 Å². The van der Waals surface area contributed by atoms with Crippen molar-refractivity contribution in [1.82, 2.24) is 28.2 Å². The highest BCUT2D eigenvalue weighted by atomic mass is 32.2. The van der Waals surface area contributed by atoms with Gasteiger partial charge in [0.15, 0.2) is 0 Å². The van der Waals surface area contributed by atoms with Gasteiger partial charge in [0, 0.05) is 31.5 Å². The Bertz CT molecular complexity index is 1180. The minimum atomic E-state index is -3.71. The number of pyridine rings is 1. The minimum absolute atomic E-state index is 0.130. The quantitative estimate of drug-likeness (QED) is 0.562. The van der Waals surface area contributed by atoms with Gasteiger partial charge in [-0.3, -0.25) is 9.67 Å². The van der Waals surface area contributed by atoms with Gasteiger partial charge in [-0.2, -0.15) is 13.8 Å². The first-order chi connectivity index (χ1) is 12.5. The second-order valence-electron chi connectivity index (χ2n) is 5.66. The van der Waals surface area contributed by atoms with Crippen molar-refractivity contribution in [1.29, 1.82) is 0 Å². The Labute approximate surface area is 153 Å². The summed E-state index contributed by atoms with van der Waals surface area (Å²) >= 11 is 0.991.